The normalized spacial score (nSPS) is 10.5. The summed E-state index contributed by atoms with van der Waals surface area (Å²) in [5, 5.41) is 5.55. The summed E-state index contributed by atoms with van der Waals surface area (Å²) in [6.45, 7) is 0. The van der Waals surface area contributed by atoms with Crippen molar-refractivity contribution >= 4 is 35.1 Å². The smallest absolute Gasteiger partial charge is 0.329 e. The van der Waals surface area contributed by atoms with E-state index in [-0.39, 0.29) is 5.13 Å². The predicted octanol–water partition coefficient (Wildman–Crippen LogP) is 1.38. The van der Waals surface area contributed by atoms with Gasteiger partial charge in [0.25, 0.3) is 0 Å². The summed E-state index contributed by atoms with van der Waals surface area (Å²) in [7, 11) is 1.46. The van der Waals surface area contributed by atoms with Crippen molar-refractivity contribution in [1.82, 2.24) is 10.4 Å². The molecular formula is C13H11FN4O3S. The van der Waals surface area contributed by atoms with Crippen LogP contribution in [0.1, 0.15) is 4.88 Å². The van der Waals surface area contributed by atoms with E-state index in [0.29, 0.717) is 16.4 Å². The van der Waals surface area contributed by atoms with Crippen LogP contribution in [0.4, 0.5) is 10.1 Å². The lowest BCUT2D eigenvalue weighted by Crippen LogP contribution is -2.32. The van der Waals surface area contributed by atoms with Crippen LogP contribution in [0.5, 0.6) is 5.88 Å². The Morgan fingerprint density at radius 2 is 2.14 bits per heavy atom. The first-order valence-electron chi connectivity index (χ1n) is 5.98. The zero-order valence-electron chi connectivity index (χ0n) is 11.4. The van der Waals surface area contributed by atoms with E-state index in [1.807, 2.05) is 5.43 Å². The number of halogens is 1. The number of nitrogens with one attached hydrogen (secondary N) is 2. The molecule has 7 nitrogen and oxygen atoms in total. The van der Waals surface area contributed by atoms with Gasteiger partial charge in [0.2, 0.25) is 5.88 Å². The van der Waals surface area contributed by atoms with Gasteiger partial charge in [-0.1, -0.05) is 0 Å². The van der Waals surface area contributed by atoms with Crippen molar-refractivity contribution < 1.29 is 18.7 Å². The summed E-state index contributed by atoms with van der Waals surface area (Å²) in [5.41, 5.74) is 2.38. The van der Waals surface area contributed by atoms with Crippen molar-refractivity contribution in [3.05, 3.63) is 40.5 Å². The Kier molecular flexibility index (Phi) is 5.15. The lowest BCUT2D eigenvalue weighted by molar-refractivity contribution is -0.136. The Morgan fingerprint density at radius 3 is 2.73 bits per heavy atom. The van der Waals surface area contributed by atoms with Gasteiger partial charge in [-0.15, -0.1) is 11.3 Å². The van der Waals surface area contributed by atoms with Crippen LogP contribution in [0.3, 0.4) is 0 Å². The first kappa shape index (κ1) is 15.6. The van der Waals surface area contributed by atoms with Crippen LogP contribution in [0.15, 0.2) is 35.6 Å². The van der Waals surface area contributed by atoms with E-state index in [2.05, 4.69) is 15.4 Å². The number of carbonyl (C=O) groups is 2. The first-order chi connectivity index (χ1) is 10.6. The second-order valence-electron chi connectivity index (χ2n) is 3.88. The van der Waals surface area contributed by atoms with Gasteiger partial charge in [-0.25, -0.2) is 10.4 Å². The van der Waals surface area contributed by atoms with Crippen LogP contribution in [-0.4, -0.2) is 30.1 Å². The lowest BCUT2D eigenvalue weighted by Gasteiger charge is -2.04. The average Bonchev–Trinajstić information content (AvgIpc) is 2.93. The van der Waals surface area contributed by atoms with Crippen molar-refractivity contribution in [2.45, 2.75) is 0 Å². The standard InChI is InChI=1S/C13H11FN4O3S/c1-21-11-5-2-8(6-15-11)17-12(19)13(20)18-16-7-9-3-4-10(14)22-9/h2-7H,1H3,(H,17,19)(H,18,20). The van der Waals surface area contributed by atoms with Crippen LogP contribution < -0.4 is 15.5 Å². The minimum atomic E-state index is -0.955. The molecule has 22 heavy (non-hydrogen) atoms. The zero-order valence-corrected chi connectivity index (χ0v) is 12.2. The van der Waals surface area contributed by atoms with Crippen LogP contribution in [0.25, 0.3) is 0 Å². The number of carbonyl (C=O) groups excluding carboxylic acids is 2. The van der Waals surface area contributed by atoms with Gasteiger partial charge in [0.1, 0.15) is 0 Å². The highest BCUT2D eigenvalue weighted by Crippen LogP contribution is 2.12. The fourth-order valence-corrected chi connectivity index (χ4v) is 1.97. The molecule has 0 aromatic carbocycles. The number of pyridine rings is 1. The quantitative estimate of drug-likeness (QED) is 0.505. The summed E-state index contributed by atoms with van der Waals surface area (Å²) in [4.78, 5) is 27.5. The van der Waals surface area contributed by atoms with Gasteiger partial charge in [0.05, 0.1) is 30.1 Å². The third-order valence-electron chi connectivity index (χ3n) is 2.36. The fraction of sp³-hybridized carbons (Fsp3) is 0.0769. The van der Waals surface area contributed by atoms with Crippen LogP contribution in [-0.2, 0) is 9.59 Å². The molecule has 0 aliphatic heterocycles. The number of methoxy groups -OCH3 is 1. The summed E-state index contributed by atoms with van der Waals surface area (Å²) in [6.07, 6.45) is 2.59. The molecule has 0 bridgehead atoms. The highest BCUT2D eigenvalue weighted by Gasteiger charge is 2.13. The molecule has 2 aromatic heterocycles. The van der Waals surface area contributed by atoms with Gasteiger partial charge in [-0.3, -0.25) is 9.59 Å². The minimum Gasteiger partial charge on any atom is -0.481 e. The Morgan fingerprint density at radius 1 is 1.32 bits per heavy atom. The van der Waals surface area contributed by atoms with Gasteiger partial charge in [-0.05, 0) is 18.2 Å². The van der Waals surface area contributed by atoms with E-state index in [9.17, 15) is 14.0 Å². The van der Waals surface area contributed by atoms with E-state index >= 15 is 0 Å². The summed E-state index contributed by atoms with van der Waals surface area (Å²) >= 11 is 0.866. The third kappa shape index (κ3) is 4.35. The second kappa shape index (κ2) is 7.27. The molecule has 9 heteroatoms. The molecule has 0 unspecified atom stereocenters. The van der Waals surface area contributed by atoms with Gasteiger partial charge in [-0.2, -0.15) is 9.49 Å². The number of nitrogens with zero attached hydrogens (tertiary/aromatic N) is 2. The molecule has 2 heterocycles. The Labute approximate surface area is 128 Å². The largest absolute Gasteiger partial charge is 0.481 e. The second-order valence-corrected chi connectivity index (χ2v) is 4.95. The van der Waals surface area contributed by atoms with E-state index in [4.69, 9.17) is 4.74 Å². The summed E-state index contributed by atoms with van der Waals surface area (Å²) in [5.74, 6) is -1.47. The topological polar surface area (TPSA) is 92.7 Å². The van der Waals surface area contributed by atoms with Crippen LogP contribution >= 0.6 is 11.3 Å². The molecule has 2 N–H and O–H groups in total. The highest BCUT2D eigenvalue weighted by molar-refractivity contribution is 7.12. The van der Waals surface area contributed by atoms with Gasteiger partial charge in [0, 0.05) is 6.07 Å². The van der Waals surface area contributed by atoms with Crippen molar-refractivity contribution in [2.75, 3.05) is 12.4 Å². The molecule has 0 saturated heterocycles. The molecule has 2 amide bonds. The number of amides is 2. The number of ether oxygens (including phenoxy) is 1. The minimum absolute atomic E-state index is 0.338. The SMILES string of the molecule is COc1ccc(NC(=O)C(=O)NN=Cc2ccc(F)s2)cn1. The maximum absolute atomic E-state index is 12.7. The van der Waals surface area contributed by atoms with Crippen LogP contribution in [0, 0.1) is 5.13 Å². The zero-order chi connectivity index (χ0) is 15.9. The Hall–Kier alpha value is -2.81. The van der Waals surface area contributed by atoms with E-state index in [1.54, 1.807) is 0 Å². The molecule has 2 rings (SSSR count). The third-order valence-corrected chi connectivity index (χ3v) is 3.17. The van der Waals surface area contributed by atoms with Gasteiger partial charge >= 0.3 is 11.8 Å². The Bertz CT molecular complexity index is 700. The number of thiophene rings is 1. The Balaban J connectivity index is 1.86. The fourth-order valence-electron chi connectivity index (χ4n) is 1.37. The highest BCUT2D eigenvalue weighted by atomic mass is 32.1. The van der Waals surface area contributed by atoms with Crippen LogP contribution in [0.2, 0.25) is 0 Å². The number of rotatable bonds is 4. The molecule has 2 aromatic rings. The maximum atomic E-state index is 12.7. The van der Waals surface area contributed by atoms with E-state index < -0.39 is 11.8 Å². The number of hydrazone groups is 1. The van der Waals surface area contributed by atoms with Crippen molar-refractivity contribution in [3.63, 3.8) is 0 Å². The predicted molar refractivity (Wildman–Crippen MR) is 79.4 cm³/mol. The van der Waals surface area contributed by atoms with Gasteiger partial charge < -0.3 is 10.1 Å². The number of hydrogen-bond donors (Lipinski definition) is 2. The lowest BCUT2D eigenvalue weighted by atomic mass is 10.4. The molecule has 0 spiro atoms. The maximum Gasteiger partial charge on any atom is 0.329 e. The summed E-state index contributed by atoms with van der Waals surface area (Å²) in [6, 6.07) is 5.85. The number of hydrogen-bond acceptors (Lipinski definition) is 6. The van der Waals surface area contributed by atoms with Gasteiger partial charge in [0.15, 0.2) is 5.13 Å². The molecule has 0 radical (unpaired) electrons. The molecule has 0 aliphatic rings. The molecular weight excluding hydrogens is 311 g/mol. The monoisotopic (exact) mass is 322 g/mol. The van der Waals surface area contributed by atoms with Crippen molar-refractivity contribution in [2.24, 2.45) is 5.10 Å². The molecule has 0 fully saturated rings. The summed E-state index contributed by atoms with van der Waals surface area (Å²) < 4.78 is 17.6. The van der Waals surface area contributed by atoms with Crippen molar-refractivity contribution in [3.8, 4) is 5.88 Å². The molecule has 0 aliphatic carbocycles. The average molecular weight is 322 g/mol. The number of aromatic nitrogens is 1. The van der Waals surface area contributed by atoms with E-state index in [0.717, 1.165) is 11.3 Å². The first-order valence-corrected chi connectivity index (χ1v) is 6.80. The molecule has 0 saturated carbocycles. The van der Waals surface area contributed by atoms with E-state index in [1.165, 1.54) is 43.8 Å². The number of anilines is 1. The molecule has 0 atom stereocenters. The van der Waals surface area contributed by atoms with Crippen molar-refractivity contribution in [1.29, 1.82) is 0 Å². The molecule has 114 valence electrons.